The maximum atomic E-state index is 13.7. The van der Waals surface area contributed by atoms with Crippen molar-refractivity contribution in [2.75, 3.05) is 38.2 Å². The molecule has 3 heterocycles. The molecule has 37 heavy (non-hydrogen) atoms. The fourth-order valence-electron chi connectivity index (χ4n) is 4.00. The molecule has 2 aromatic heterocycles. The van der Waals surface area contributed by atoms with E-state index in [1.54, 1.807) is 19.4 Å². The molecule has 8 nitrogen and oxygen atoms in total. The predicted octanol–water partition coefficient (Wildman–Crippen LogP) is 4.62. The van der Waals surface area contributed by atoms with Gasteiger partial charge in [0, 0.05) is 31.1 Å². The van der Waals surface area contributed by atoms with E-state index in [-0.39, 0.29) is 22.9 Å². The van der Waals surface area contributed by atoms with Crippen LogP contribution in [0.15, 0.2) is 91.7 Å². The normalized spacial score (nSPS) is 14.6. The van der Waals surface area contributed by atoms with Crippen LogP contribution >= 0.6 is 34.7 Å². The van der Waals surface area contributed by atoms with Crippen molar-refractivity contribution in [3.63, 3.8) is 0 Å². The molecule has 2 aromatic carbocycles. The van der Waals surface area contributed by atoms with Crippen LogP contribution in [0, 0.1) is 0 Å². The van der Waals surface area contributed by atoms with Crippen molar-refractivity contribution in [3.05, 3.63) is 87.6 Å². The van der Waals surface area contributed by atoms with Crippen molar-refractivity contribution in [1.82, 2.24) is 14.1 Å². The number of nitrogens with zero attached hydrogens (tertiary/aromatic N) is 4. The van der Waals surface area contributed by atoms with Gasteiger partial charge in [-0.15, -0.1) is 11.3 Å². The standard InChI is InChI=1S/C25H23ClN4O4S3/c1-34-19-7-9-20(10-8-19)35-24-21(17-27-30(25(24)31)18-5-3-2-4-6-18)28-13-15-29(16-14-28)37(32,33)23-12-11-22(26)36-23/h2-12,17H,13-16H2,1H3. The van der Waals surface area contributed by atoms with Gasteiger partial charge in [0.1, 0.15) is 14.9 Å². The second-order valence-corrected chi connectivity index (χ2v) is 13.1. The number of rotatable bonds is 7. The Morgan fingerprint density at radius 2 is 1.68 bits per heavy atom. The van der Waals surface area contributed by atoms with Gasteiger partial charge < -0.3 is 9.64 Å². The summed E-state index contributed by atoms with van der Waals surface area (Å²) in [5.74, 6) is 0.727. The van der Waals surface area contributed by atoms with Gasteiger partial charge in [-0.25, -0.2) is 8.42 Å². The molecule has 0 aliphatic carbocycles. The summed E-state index contributed by atoms with van der Waals surface area (Å²) in [4.78, 5) is 17.1. The second-order valence-electron chi connectivity index (χ2n) is 8.14. The van der Waals surface area contributed by atoms with Crippen molar-refractivity contribution in [1.29, 1.82) is 0 Å². The molecular weight excluding hydrogens is 552 g/mol. The summed E-state index contributed by atoms with van der Waals surface area (Å²) in [7, 11) is -2.02. The molecule has 12 heteroatoms. The van der Waals surface area contributed by atoms with Crippen molar-refractivity contribution < 1.29 is 13.2 Å². The monoisotopic (exact) mass is 574 g/mol. The number of piperazine rings is 1. The first-order valence-corrected chi connectivity index (χ1v) is 14.8. The van der Waals surface area contributed by atoms with Crippen LogP contribution in [-0.4, -0.2) is 55.8 Å². The van der Waals surface area contributed by atoms with E-state index in [1.807, 2.05) is 59.5 Å². The molecule has 1 fully saturated rings. The number of aromatic nitrogens is 2. The highest BCUT2D eigenvalue weighted by Crippen LogP contribution is 2.35. The van der Waals surface area contributed by atoms with Crippen molar-refractivity contribution in [2.24, 2.45) is 0 Å². The van der Waals surface area contributed by atoms with Crippen molar-refractivity contribution >= 4 is 50.4 Å². The Labute approximate surface area is 228 Å². The summed E-state index contributed by atoms with van der Waals surface area (Å²) in [6.45, 7) is 1.41. The Morgan fingerprint density at radius 1 is 0.973 bits per heavy atom. The lowest BCUT2D eigenvalue weighted by atomic mass is 10.3. The van der Waals surface area contributed by atoms with E-state index in [2.05, 4.69) is 5.10 Å². The number of hydrogen-bond donors (Lipinski definition) is 0. The van der Waals surface area contributed by atoms with E-state index in [0.717, 1.165) is 22.0 Å². The third-order valence-corrected chi connectivity index (χ3v) is 10.6. The molecule has 0 spiro atoms. The fourth-order valence-corrected chi connectivity index (χ4v) is 8.03. The molecule has 1 aliphatic rings. The van der Waals surface area contributed by atoms with E-state index in [1.165, 1.54) is 26.8 Å². The zero-order valence-electron chi connectivity index (χ0n) is 19.8. The highest BCUT2D eigenvalue weighted by atomic mass is 35.5. The quantitative estimate of drug-likeness (QED) is 0.318. The van der Waals surface area contributed by atoms with Gasteiger partial charge in [-0.1, -0.05) is 41.6 Å². The molecule has 192 valence electrons. The summed E-state index contributed by atoms with van der Waals surface area (Å²) >= 11 is 8.36. The molecule has 0 amide bonds. The minimum absolute atomic E-state index is 0.230. The Bertz CT molecular complexity index is 1550. The summed E-state index contributed by atoms with van der Waals surface area (Å²) in [5.41, 5.74) is 1.10. The Balaban J connectivity index is 1.45. The average Bonchev–Trinajstić information content (AvgIpc) is 3.38. The van der Waals surface area contributed by atoms with Gasteiger partial charge in [0.2, 0.25) is 0 Å². The first kappa shape index (κ1) is 25.8. The van der Waals surface area contributed by atoms with E-state index in [4.69, 9.17) is 16.3 Å². The molecule has 0 saturated carbocycles. The maximum Gasteiger partial charge on any atom is 0.287 e. The first-order chi connectivity index (χ1) is 17.9. The number of sulfonamides is 1. The van der Waals surface area contributed by atoms with Crippen LogP contribution < -0.4 is 15.2 Å². The molecule has 1 saturated heterocycles. The molecule has 0 N–H and O–H groups in total. The van der Waals surface area contributed by atoms with Crippen LogP contribution in [0.25, 0.3) is 5.69 Å². The van der Waals surface area contributed by atoms with Gasteiger partial charge in [-0.05, 0) is 48.5 Å². The van der Waals surface area contributed by atoms with Crippen LogP contribution in [0.2, 0.25) is 4.34 Å². The SMILES string of the molecule is COc1ccc(Sc2c(N3CCN(S(=O)(=O)c4ccc(Cl)s4)CC3)cnn(-c3ccccc3)c2=O)cc1. The number of para-hydroxylation sites is 1. The minimum Gasteiger partial charge on any atom is -0.497 e. The zero-order chi connectivity index (χ0) is 26.0. The second kappa shape index (κ2) is 10.9. The maximum absolute atomic E-state index is 13.7. The third kappa shape index (κ3) is 5.41. The zero-order valence-corrected chi connectivity index (χ0v) is 23.0. The molecular formula is C25H23ClN4O4S3. The topological polar surface area (TPSA) is 84.7 Å². The summed E-state index contributed by atoms with van der Waals surface area (Å²) < 4.78 is 34.8. The lowest BCUT2D eigenvalue weighted by molar-refractivity contribution is 0.385. The van der Waals surface area contributed by atoms with Crippen LogP contribution in [0.4, 0.5) is 5.69 Å². The lowest BCUT2D eigenvalue weighted by Gasteiger charge is -2.35. The molecule has 4 aromatic rings. The summed E-state index contributed by atoms with van der Waals surface area (Å²) in [5, 5.41) is 4.46. The van der Waals surface area contributed by atoms with Crippen molar-refractivity contribution in [2.45, 2.75) is 14.0 Å². The van der Waals surface area contributed by atoms with Gasteiger partial charge in [0.15, 0.2) is 0 Å². The van der Waals surface area contributed by atoms with Crippen molar-refractivity contribution in [3.8, 4) is 11.4 Å². The molecule has 5 rings (SSSR count). The van der Waals surface area contributed by atoms with E-state index in [9.17, 15) is 13.2 Å². The number of benzene rings is 2. The summed E-state index contributed by atoms with van der Waals surface area (Å²) in [6, 6.07) is 19.9. The van der Waals surface area contributed by atoms with Gasteiger partial charge in [-0.2, -0.15) is 14.1 Å². The van der Waals surface area contributed by atoms with Gasteiger partial charge in [0.05, 0.1) is 29.0 Å². The smallest absolute Gasteiger partial charge is 0.287 e. The van der Waals surface area contributed by atoms with E-state index >= 15 is 0 Å². The Morgan fingerprint density at radius 3 is 2.30 bits per heavy atom. The number of halogens is 1. The minimum atomic E-state index is -3.62. The van der Waals surface area contributed by atoms with E-state index < -0.39 is 10.0 Å². The van der Waals surface area contributed by atoms with E-state index in [0.29, 0.717) is 33.7 Å². The number of methoxy groups -OCH3 is 1. The van der Waals surface area contributed by atoms with Gasteiger partial charge in [-0.3, -0.25) is 4.79 Å². The number of ether oxygens (including phenoxy) is 1. The first-order valence-electron chi connectivity index (χ1n) is 11.4. The number of anilines is 1. The molecule has 0 atom stereocenters. The summed E-state index contributed by atoms with van der Waals surface area (Å²) in [6.07, 6.45) is 1.68. The van der Waals surface area contributed by atoms with Gasteiger partial charge >= 0.3 is 0 Å². The number of hydrogen-bond acceptors (Lipinski definition) is 8. The number of thiophene rings is 1. The fraction of sp³-hybridized carbons (Fsp3) is 0.200. The highest BCUT2D eigenvalue weighted by Gasteiger charge is 2.31. The largest absolute Gasteiger partial charge is 0.497 e. The van der Waals surface area contributed by atoms with Crippen LogP contribution in [0.5, 0.6) is 5.75 Å². The third-order valence-electron chi connectivity index (χ3n) is 5.92. The highest BCUT2D eigenvalue weighted by molar-refractivity contribution is 7.99. The molecule has 0 bridgehead atoms. The molecule has 0 unspecified atom stereocenters. The Kier molecular flexibility index (Phi) is 7.59. The van der Waals surface area contributed by atoms with Crippen LogP contribution in [0.3, 0.4) is 0 Å². The molecule has 0 radical (unpaired) electrons. The average molecular weight is 575 g/mol. The lowest BCUT2D eigenvalue weighted by Crippen LogP contribution is -2.49. The van der Waals surface area contributed by atoms with Crippen LogP contribution in [0.1, 0.15) is 0 Å². The Hall–Kier alpha value is -2.83. The predicted molar refractivity (Wildman–Crippen MR) is 147 cm³/mol. The molecule has 1 aliphatic heterocycles. The van der Waals surface area contributed by atoms with Gasteiger partial charge in [0.25, 0.3) is 15.6 Å². The van der Waals surface area contributed by atoms with Crippen LogP contribution in [-0.2, 0) is 10.0 Å².